The third kappa shape index (κ3) is 4.31. The van der Waals surface area contributed by atoms with Crippen LogP contribution in [0.4, 0.5) is 0 Å². The van der Waals surface area contributed by atoms with Gasteiger partial charge in [-0.3, -0.25) is 14.5 Å². The second kappa shape index (κ2) is 7.39. The Balaban J connectivity index is 0.00000106. The lowest BCUT2D eigenvalue weighted by molar-refractivity contribution is -0.139. The first-order valence-electron chi connectivity index (χ1n) is 6.10. The Morgan fingerprint density at radius 1 is 1.38 bits per heavy atom. The molecule has 0 aromatic rings. The van der Waals surface area contributed by atoms with Gasteiger partial charge in [0.15, 0.2) is 0 Å². The monoisotopic (exact) mass is 228 g/mol. The summed E-state index contributed by atoms with van der Waals surface area (Å²) in [6.45, 7) is 11.1. The van der Waals surface area contributed by atoms with Gasteiger partial charge in [0.05, 0.1) is 0 Å². The first-order valence-corrected chi connectivity index (χ1v) is 6.10. The van der Waals surface area contributed by atoms with Gasteiger partial charge < -0.3 is 5.32 Å². The number of carbonyl (C=O) groups is 2. The Hall–Kier alpha value is -0.900. The Morgan fingerprint density at radius 2 is 1.94 bits per heavy atom. The molecule has 0 saturated carbocycles. The topological polar surface area (TPSA) is 49.4 Å². The van der Waals surface area contributed by atoms with E-state index in [2.05, 4.69) is 5.32 Å². The van der Waals surface area contributed by atoms with Crippen molar-refractivity contribution in [2.75, 3.05) is 13.1 Å². The van der Waals surface area contributed by atoms with E-state index in [1.165, 1.54) is 4.90 Å². The fourth-order valence-electron chi connectivity index (χ4n) is 1.55. The number of hydrogen-bond donors (Lipinski definition) is 1. The van der Waals surface area contributed by atoms with Crippen LogP contribution in [0.3, 0.4) is 0 Å². The van der Waals surface area contributed by atoms with Crippen molar-refractivity contribution in [2.24, 2.45) is 5.92 Å². The zero-order chi connectivity index (χ0) is 12.7. The number of nitrogens with zero attached hydrogens (tertiary/aromatic N) is 1. The van der Waals surface area contributed by atoms with Crippen molar-refractivity contribution in [3.8, 4) is 0 Å². The van der Waals surface area contributed by atoms with E-state index in [4.69, 9.17) is 0 Å². The minimum absolute atomic E-state index is 0.0273. The second-order valence-electron chi connectivity index (χ2n) is 4.10. The van der Waals surface area contributed by atoms with Crippen LogP contribution < -0.4 is 5.32 Å². The molecule has 0 aliphatic carbocycles. The van der Waals surface area contributed by atoms with Crippen molar-refractivity contribution >= 4 is 11.8 Å². The summed E-state index contributed by atoms with van der Waals surface area (Å²) in [4.78, 5) is 24.2. The van der Waals surface area contributed by atoms with Crippen LogP contribution in [0.2, 0.25) is 0 Å². The van der Waals surface area contributed by atoms with Crippen molar-refractivity contribution < 1.29 is 9.59 Å². The lowest BCUT2D eigenvalue weighted by Gasteiger charge is -2.15. The largest absolute Gasteiger partial charge is 0.313 e. The lowest BCUT2D eigenvalue weighted by Crippen LogP contribution is -2.38. The molecule has 1 aliphatic heterocycles. The van der Waals surface area contributed by atoms with Crippen LogP contribution in [-0.2, 0) is 9.59 Å². The fourth-order valence-corrected chi connectivity index (χ4v) is 1.55. The van der Waals surface area contributed by atoms with Gasteiger partial charge in [-0.1, -0.05) is 34.6 Å². The Kier molecular flexibility index (Phi) is 6.97. The fraction of sp³-hybridized carbons (Fsp3) is 0.833. The summed E-state index contributed by atoms with van der Waals surface area (Å²) in [5, 5.41) is 3.18. The molecule has 0 aromatic heterocycles. The molecule has 1 saturated heterocycles. The molecule has 4 nitrogen and oxygen atoms in total. The summed E-state index contributed by atoms with van der Waals surface area (Å²) < 4.78 is 0. The maximum Gasteiger partial charge on any atom is 0.232 e. The molecule has 1 heterocycles. The summed E-state index contributed by atoms with van der Waals surface area (Å²) in [6.07, 6.45) is 0.376. The number of hydrogen-bond acceptors (Lipinski definition) is 3. The van der Waals surface area contributed by atoms with Gasteiger partial charge >= 0.3 is 0 Å². The first kappa shape index (κ1) is 15.1. The lowest BCUT2D eigenvalue weighted by atomic mass is 10.1. The van der Waals surface area contributed by atoms with Crippen LogP contribution in [0, 0.1) is 5.92 Å². The quantitative estimate of drug-likeness (QED) is 0.740. The molecule has 2 amide bonds. The van der Waals surface area contributed by atoms with Crippen LogP contribution >= 0.6 is 0 Å². The molecule has 0 bridgehead atoms. The van der Waals surface area contributed by atoms with E-state index >= 15 is 0 Å². The van der Waals surface area contributed by atoms with Crippen LogP contribution in [0.5, 0.6) is 0 Å². The molecular formula is C12H24N2O2. The molecule has 1 rings (SSSR count). The van der Waals surface area contributed by atoms with E-state index in [9.17, 15) is 9.59 Å². The van der Waals surface area contributed by atoms with E-state index in [0.29, 0.717) is 25.6 Å². The molecule has 16 heavy (non-hydrogen) atoms. The zero-order valence-electron chi connectivity index (χ0n) is 11.0. The predicted molar refractivity (Wildman–Crippen MR) is 65.0 cm³/mol. The molecule has 4 heteroatoms. The summed E-state index contributed by atoms with van der Waals surface area (Å²) in [7, 11) is 0. The van der Waals surface area contributed by atoms with Crippen molar-refractivity contribution in [1.82, 2.24) is 10.2 Å². The summed E-state index contributed by atoms with van der Waals surface area (Å²) in [5.74, 6) is -0.185. The minimum Gasteiger partial charge on any atom is -0.313 e. The highest BCUT2D eigenvalue weighted by Gasteiger charge is 2.34. The van der Waals surface area contributed by atoms with Crippen molar-refractivity contribution in [3.05, 3.63) is 0 Å². The smallest absolute Gasteiger partial charge is 0.232 e. The van der Waals surface area contributed by atoms with Gasteiger partial charge in [0, 0.05) is 31.5 Å². The zero-order valence-corrected chi connectivity index (χ0v) is 11.0. The van der Waals surface area contributed by atoms with Crippen LogP contribution in [0.25, 0.3) is 0 Å². The summed E-state index contributed by atoms with van der Waals surface area (Å²) >= 11 is 0. The van der Waals surface area contributed by atoms with Crippen molar-refractivity contribution in [2.45, 2.75) is 47.1 Å². The van der Waals surface area contributed by atoms with Crippen LogP contribution in [0.1, 0.15) is 41.0 Å². The third-order valence-corrected chi connectivity index (χ3v) is 2.36. The Labute approximate surface area is 98.4 Å². The molecular weight excluding hydrogens is 204 g/mol. The van der Waals surface area contributed by atoms with E-state index in [0.717, 1.165) is 0 Å². The maximum absolute atomic E-state index is 11.5. The van der Waals surface area contributed by atoms with E-state index in [1.54, 1.807) is 6.92 Å². The third-order valence-electron chi connectivity index (χ3n) is 2.36. The van der Waals surface area contributed by atoms with Gasteiger partial charge in [-0.2, -0.15) is 0 Å². The standard InChI is InChI=1S/C10H18N2O2.C2H6/c1-7(2)11-4-5-12-9(13)6-8(3)10(12)14;1-2/h7-8,11H,4-6H2,1-3H3;1-2H3. The van der Waals surface area contributed by atoms with Gasteiger partial charge in [-0.15, -0.1) is 0 Å². The summed E-state index contributed by atoms with van der Waals surface area (Å²) in [5.41, 5.74) is 0. The number of nitrogens with one attached hydrogen (secondary N) is 1. The Morgan fingerprint density at radius 3 is 2.31 bits per heavy atom. The summed E-state index contributed by atoms with van der Waals surface area (Å²) in [6, 6.07) is 0.389. The molecule has 0 aromatic carbocycles. The van der Waals surface area contributed by atoms with Gasteiger partial charge in [-0.05, 0) is 0 Å². The molecule has 1 N–H and O–H groups in total. The van der Waals surface area contributed by atoms with Crippen molar-refractivity contribution in [1.29, 1.82) is 0 Å². The maximum atomic E-state index is 11.5. The van der Waals surface area contributed by atoms with Crippen molar-refractivity contribution in [3.63, 3.8) is 0 Å². The predicted octanol–water partition coefficient (Wildman–Crippen LogP) is 1.41. The molecule has 1 aliphatic rings. The van der Waals surface area contributed by atoms with Crippen LogP contribution in [-0.4, -0.2) is 35.8 Å². The van der Waals surface area contributed by atoms with Gasteiger partial charge in [-0.25, -0.2) is 0 Å². The molecule has 94 valence electrons. The van der Waals surface area contributed by atoms with Gasteiger partial charge in [0.25, 0.3) is 0 Å². The average molecular weight is 228 g/mol. The van der Waals surface area contributed by atoms with E-state index in [-0.39, 0.29) is 17.7 Å². The first-order chi connectivity index (χ1) is 7.52. The number of rotatable bonds is 4. The molecule has 1 atom stereocenters. The average Bonchev–Trinajstić information content (AvgIpc) is 2.47. The van der Waals surface area contributed by atoms with Crippen LogP contribution in [0.15, 0.2) is 0 Å². The number of likely N-dealkylation sites (tertiary alicyclic amines) is 1. The highest BCUT2D eigenvalue weighted by Crippen LogP contribution is 2.17. The molecule has 0 radical (unpaired) electrons. The molecule has 0 spiro atoms. The molecule has 1 fully saturated rings. The van der Waals surface area contributed by atoms with E-state index in [1.807, 2.05) is 27.7 Å². The molecule has 1 unspecified atom stereocenters. The number of amides is 2. The highest BCUT2D eigenvalue weighted by molar-refractivity contribution is 6.03. The number of imide groups is 1. The van der Waals surface area contributed by atoms with Gasteiger partial charge in [0.2, 0.25) is 11.8 Å². The van der Waals surface area contributed by atoms with E-state index < -0.39 is 0 Å². The highest BCUT2D eigenvalue weighted by atomic mass is 16.2. The second-order valence-corrected chi connectivity index (χ2v) is 4.10. The normalized spacial score (nSPS) is 20.1. The SMILES string of the molecule is CC.CC(C)NCCN1C(=O)CC(C)C1=O. The van der Waals surface area contributed by atoms with Gasteiger partial charge in [0.1, 0.15) is 0 Å². The Bertz CT molecular complexity index is 239. The minimum atomic E-state index is -0.124. The number of carbonyl (C=O) groups excluding carboxylic acids is 2.